The van der Waals surface area contributed by atoms with E-state index in [-0.39, 0.29) is 6.73 Å². The van der Waals surface area contributed by atoms with Gasteiger partial charge in [0.25, 0.3) is 0 Å². The molecule has 0 aliphatic carbocycles. The second kappa shape index (κ2) is 4.82. The summed E-state index contributed by atoms with van der Waals surface area (Å²) in [6.45, 7) is 0.806. The predicted molar refractivity (Wildman–Crippen MR) is 59.4 cm³/mol. The van der Waals surface area contributed by atoms with E-state index in [4.69, 9.17) is 5.11 Å². The zero-order valence-electron chi connectivity index (χ0n) is 8.12. The van der Waals surface area contributed by atoms with Crippen molar-refractivity contribution >= 4 is 11.8 Å². The topological polar surface area (TPSA) is 32.3 Å². The molecule has 0 amide bonds. The maximum absolute atomic E-state index is 8.65. The van der Waals surface area contributed by atoms with Crippen LogP contribution in [0.5, 0.6) is 0 Å². The van der Waals surface area contributed by atoms with Gasteiger partial charge in [-0.1, -0.05) is 12.1 Å². The summed E-state index contributed by atoms with van der Waals surface area (Å²) in [6, 6.07) is 6.59. The predicted octanol–water partition coefficient (Wildman–Crippen LogP) is 1.76. The Hall–Kier alpha value is -0.510. The molecule has 0 radical (unpaired) electrons. The van der Waals surface area contributed by atoms with Gasteiger partial charge in [-0.15, -0.1) is 11.8 Å². The van der Waals surface area contributed by atoms with Crippen LogP contribution >= 0.6 is 11.8 Å². The smallest absolute Gasteiger partial charge is 0.0934 e. The first-order valence-electron chi connectivity index (χ1n) is 4.96. The maximum atomic E-state index is 8.65. The lowest BCUT2D eigenvalue weighted by molar-refractivity contribution is 0.259. The minimum absolute atomic E-state index is 0.0475. The van der Waals surface area contributed by atoms with Crippen LogP contribution in [0.1, 0.15) is 17.5 Å². The Bertz CT molecular complexity index is 314. The molecular formula is C11H15NOS. The summed E-state index contributed by atoms with van der Waals surface area (Å²) in [5.41, 5.74) is 2.73. The van der Waals surface area contributed by atoms with E-state index in [9.17, 15) is 0 Å². The third-order valence-electron chi connectivity index (χ3n) is 2.41. The molecule has 14 heavy (non-hydrogen) atoms. The SMILES string of the molecule is OCNCc1ccc2c(c1)CCCS2. The highest BCUT2D eigenvalue weighted by atomic mass is 32.2. The summed E-state index contributed by atoms with van der Waals surface area (Å²) in [4.78, 5) is 1.43. The summed E-state index contributed by atoms with van der Waals surface area (Å²) in [5, 5.41) is 11.6. The molecular weight excluding hydrogens is 194 g/mol. The van der Waals surface area contributed by atoms with Crippen LogP contribution in [0.25, 0.3) is 0 Å². The van der Waals surface area contributed by atoms with Crippen LogP contribution in [0.2, 0.25) is 0 Å². The molecule has 0 unspecified atom stereocenters. The number of aliphatic hydroxyl groups excluding tert-OH is 1. The number of benzene rings is 1. The Morgan fingerprint density at radius 2 is 2.36 bits per heavy atom. The molecule has 0 atom stereocenters. The molecule has 0 fully saturated rings. The lowest BCUT2D eigenvalue weighted by Crippen LogP contribution is -2.14. The second-order valence-electron chi connectivity index (χ2n) is 3.48. The highest BCUT2D eigenvalue weighted by molar-refractivity contribution is 7.99. The third kappa shape index (κ3) is 2.29. The molecule has 0 spiro atoms. The van der Waals surface area contributed by atoms with E-state index in [1.807, 2.05) is 11.8 Å². The summed E-state index contributed by atoms with van der Waals surface area (Å²) in [7, 11) is 0. The summed E-state index contributed by atoms with van der Waals surface area (Å²) in [5.74, 6) is 1.25. The molecule has 3 heteroatoms. The zero-order chi connectivity index (χ0) is 9.80. The summed E-state index contributed by atoms with van der Waals surface area (Å²) < 4.78 is 0. The van der Waals surface area contributed by atoms with Crippen molar-refractivity contribution in [3.8, 4) is 0 Å². The number of fused-ring (bicyclic) bond motifs is 1. The number of thioether (sulfide) groups is 1. The highest BCUT2D eigenvalue weighted by Gasteiger charge is 2.09. The molecule has 1 heterocycles. The Balaban J connectivity index is 2.12. The number of aryl methyl sites for hydroxylation is 1. The van der Waals surface area contributed by atoms with Crippen LogP contribution in [0.4, 0.5) is 0 Å². The first-order valence-corrected chi connectivity index (χ1v) is 5.95. The Kier molecular flexibility index (Phi) is 3.45. The molecule has 2 rings (SSSR count). The Morgan fingerprint density at radius 1 is 1.43 bits per heavy atom. The van der Waals surface area contributed by atoms with Crippen molar-refractivity contribution in [1.29, 1.82) is 0 Å². The van der Waals surface area contributed by atoms with E-state index in [1.165, 1.54) is 34.6 Å². The van der Waals surface area contributed by atoms with Crippen LogP contribution in [-0.2, 0) is 13.0 Å². The molecule has 1 aromatic rings. The van der Waals surface area contributed by atoms with Crippen molar-refractivity contribution in [3.05, 3.63) is 29.3 Å². The minimum Gasteiger partial charge on any atom is -0.381 e. The fourth-order valence-corrected chi connectivity index (χ4v) is 2.74. The lowest BCUT2D eigenvalue weighted by Gasteiger charge is -2.16. The number of hydrogen-bond donors (Lipinski definition) is 2. The van der Waals surface area contributed by atoms with Crippen LogP contribution < -0.4 is 5.32 Å². The number of rotatable bonds is 3. The standard InChI is InChI=1S/C11H15NOS/c13-8-12-7-9-3-4-11-10(6-9)2-1-5-14-11/h3-4,6,12-13H,1-2,5,7-8H2. The number of aliphatic hydroxyl groups is 1. The van der Waals surface area contributed by atoms with Crippen LogP contribution in [-0.4, -0.2) is 17.6 Å². The van der Waals surface area contributed by atoms with Crippen molar-refractivity contribution in [3.63, 3.8) is 0 Å². The fourth-order valence-electron chi connectivity index (χ4n) is 1.72. The van der Waals surface area contributed by atoms with Gasteiger partial charge in [0.2, 0.25) is 0 Å². The van der Waals surface area contributed by atoms with Crippen LogP contribution in [0.3, 0.4) is 0 Å². The van der Waals surface area contributed by atoms with Gasteiger partial charge in [0, 0.05) is 11.4 Å². The van der Waals surface area contributed by atoms with Gasteiger partial charge < -0.3 is 5.11 Å². The van der Waals surface area contributed by atoms with Crippen molar-refractivity contribution in [2.45, 2.75) is 24.3 Å². The Morgan fingerprint density at radius 3 is 3.21 bits per heavy atom. The van der Waals surface area contributed by atoms with Gasteiger partial charge in [-0.3, -0.25) is 5.32 Å². The number of hydrogen-bond acceptors (Lipinski definition) is 3. The largest absolute Gasteiger partial charge is 0.381 e. The lowest BCUT2D eigenvalue weighted by atomic mass is 10.1. The molecule has 1 aromatic carbocycles. The van der Waals surface area contributed by atoms with Crippen molar-refractivity contribution in [2.24, 2.45) is 0 Å². The van der Waals surface area contributed by atoms with Crippen molar-refractivity contribution in [1.82, 2.24) is 5.32 Å². The molecule has 76 valence electrons. The second-order valence-corrected chi connectivity index (χ2v) is 4.62. The molecule has 0 saturated carbocycles. The third-order valence-corrected chi connectivity index (χ3v) is 3.62. The molecule has 2 N–H and O–H groups in total. The van der Waals surface area contributed by atoms with Gasteiger partial charge in [0.05, 0.1) is 6.73 Å². The van der Waals surface area contributed by atoms with Gasteiger partial charge in [-0.2, -0.15) is 0 Å². The van der Waals surface area contributed by atoms with E-state index in [2.05, 4.69) is 23.5 Å². The first kappa shape index (κ1) is 10.0. The monoisotopic (exact) mass is 209 g/mol. The van der Waals surface area contributed by atoms with Gasteiger partial charge in [-0.25, -0.2) is 0 Å². The molecule has 0 saturated heterocycles. The quantitative estimate of drug-likeness (QED) is 0.744. The molecule has 0 aromatic heterocycles. The Labute approximate surface area is 88.7 Å². The van der Waals surface area contributed by atoms with Crippen LogP contribution in [0, 0.1) is 0 Å². The summed E-state index contributed by atoms with van der Waals surface area (Å²) in [6.07, 6.45) is 2.49. The van der Waals surface area contributed by atoms with E-state index in [1.54, 1.807) is 0 Å². The van der Waals surface area contributed by atoms with E-state index in [0.29, 0.717) is 0 Å². The normalized spacial score (nSPS) is 15.2. The van der Waals surface area contributed by atoms with E-state index in [0.717, 1.165) is 6.54 Å². The van der Waals surface area contributed by atoms with Gasteiger partial charge in [0.1, 0.15) is 0 Å². The molecule has 2 nitrogen and oxygen atoms in total. The summed E-state index contributed by atoms with van der Waals surface area (Å²) >= 11 is 1.95. The van der Waals surface area contributed by atoms with E-state index >= 15 is 0 Å². The van der Waals surface area contributed by atoms with Gasteiger partial charge in [-0.05, 0) is 35.8 Å². The average molecular weight is 209 g/mol. The van der Waals surface area contributed by atoms with Gasteiger partial charge in [0.15, 0.2) is 0 Å². The van der Waals surface area contributed by atoms with Crippen LogP contribution in [0.15, 0.2) is 23.1 Å². The maximum Gasteiger partial charge on any atom is 0.0934 e. The average Bonchev–Trinajstić information content (AvgIpc) is 2.26. The highest BCUT2D eigenvalue weighted by Crippen LogP contribution is 2.30. The first-order chi connectivity index (χ1) is 6.90. The molecule has 1 aliphatic heterocycles. The van der Waals surface area contributed by atoms with E-state index < -0.39 is 0 Å². The fraction of sp³-hybridized carbons (Fsp3) is 0.455. The molecule has 0 bridgehead atoms. The minimum atomic E-state index is 0.0475. The van der Waals surface area contributed by atoms with Crippen molar-refractivity contribution in [2.75, 3.05) is 12.5 Å². The zero-order valence-corrected chi connectivity index (χ0v) is 8.94. The van der Waals surface area contributed by atoms with Gasteiger partial charge >= 0.3 is 0 Å². The van der Waals surface area contributed by atoms with Crippen molar-refractivity contribution < 1.29 is 5.11 Å². The number of nitrogens with one attached hydrogen (secondary N) is 1. The molecule has 1 aliphatic rings.